The summed E-state index contributed by atoms with van der Waals surface area (Å²) in [6, 6.07) is 0. The molecule has 0 aliphatic carbocycles. The van der Waals surface area contributed by atoms with Crippen molar-refractivity contribution >= 4 is 24.0 Å². The third-order valence-electron chi connectivity index (χ3n) is 5.94. The van der Waals surface area contributed by atoms with Gasteiger partial charge in [0.25, 0.3) is 0 Å². The Bertz CT molecular complexity index is 861. The van der Waals surface area contributed by atoms with E-state index in [4.69, 9.17) is 9.84 Å². The summed E-state index contributed by atoms with van der Waals surface area (Å²) in [5.74, 6) is -0.0407. The minimum Gasteiger partial charge on any atom is -0.481 e. The molecule has 3 heterocycles. The fourth-order valence-corrected chi connectivity index (χ4v) is 4.03. The number of rotatable bonds is 9. The van der Waals surface area contributed by atoms with E-state index in [1.54, 1.807) is 0 Å². The smallest absolute Gasteiger partial charge is 0.409 e. The maximum Gasteiger partial charge on any atom is 0.409 e. The van der Waals surface area contributed by atoms with Crippen molar-refractivity contribution in [3.63, 3.8) is 0 Å². The van der Waals surface area contributed by atoms with Crippen molar-refractivity contribution in [2.75, 3.05) is 19.6 Å². The molecule has 2 aliphatic heterocycles. The van der Waals surface area contributed by atoms with Gasteiger partial charge < -0.3 is 30.4 Å². The lowest BCUT2D eigenvalue weighted by molar-refractivity contribution is -0.136. The molecule has 0 bridgehead atoms. The lowest BCUT2D eigenvalue weighted by atomic mass is 9.96. The molecule has 2 atom stereocenters. The number of nitrogens with zero attached hydrogens (tertiary/aromatic N) is 3. The Kier molecular flexibility index (Phi) is 8.81. The molecule has 33 heavy (non-hydrogen) atoms. The lowest BCUT2D eigenvalue weighted by Crippen LogP contribution is -2.46. The molecule has 1 saturated heterocycles. The van der Waals surface area contributed by atoms with Gasteiger partial charge in [-0.05, 0) is 50.8 Å². The highest BCUT2D eigenvalue weighted by Gasteiger charge is 2.33. The number of hydrogen-bond acceptors (Lipinski definition) is 7. The summed E-state index contributed by atoms with van der Waals surface area (Å²) in [4.78, 5) is 35.6. The number of carbonyl (C=O) groups is 3. The Morgan fingerprint density at radius 3 is 2.70 bits per heavy atom. The van der Waals surface area contributed by atoms with Crippen LogP contribution >= 0.6 is 0 Å². The molecule has 1 aromatic rings. The number of aliphatic carboxylic acids is 1. The topological polar surface area (TPSA) is 147 Å². The van der Waals surface area contributed by atoms with Gasteiger partial charge in [-0.15, -0.1) is 10.2 Å². The molecule has 1 aromatic heterocycles. The van der Waals surface area contributed by atoms with Crippen molar-refractivity contribution < 1.29 is 24.2 Å². The third kappa shape index (κ3) is 7.01. The molecule has 182 valence electrons. The molecule has 4 N–H and O–H groups in total. The first-order valence-electron chi connectivity index (χ1n) is 11.6. The van der Waals surface area contributed by atoms with Crippen LogP contribution in [-0.2, 0) is 20.9 Å². The van der Waals surface area contributed by atoms with Gasteiger partial charge in [0, 0.05) is 19.0 Å². The number of nitrogens with one attached hydrogen (secondary N) is 3. The number of carbonyl (C=O) groups excluding carboxylic acids is 2. The normalized spacial score (nSPS) is 19.8. The molecular weight excluding hydrogens is 428 g/mol. The van der Waals surface area contributed by atoms with Gasteiger partial charge in [0.05, 0.1) is 12.3 Å². The van der Waals surface area contributed by atoms with E-state index in [1.165, 1.54) is 0 Å². The fourth-order valence-electron chi connectivity index (χ4n) is 4.03. The van der Waals surface area contributed by atoms with Crippen LogP contribution in [0.4, 0.5) is 4.79 Å². The van der Waals surface area contributed by atoms with Gasteiger partial charge in [-0.3, -0.25) is 9.59 Å². The van der Waals surface area contributed by atoms with E-state index < -0.39 is 24.2 Å². The summed E-state index contributed by atoms with van der Waals surface area (Å²) in [5.41, 5.74) is 0. The van der Waals surface area contributed by atoms with E-state index in [2.05, 4.69) is 32.2 Å². The zero-order valence-electron chi connectivity index (χ0n) is 19.2. The SMILES string of the molecule is CC(C)C(NC(=O)C1CCCn2c(/C=C/C3CCNCC3)nnc21)OC(=O)NCCC(=O)O. The molecule has 2 amide bonds. The summed E-state index contributed by atoms with van der Waals surface area (Å²) in [6.45, 7) is 6.39. The molecular formula is C22H34N6O5. The first kappa shape index (κ1) is 24.7. The quantitative estimate of drug-likeness (QED) is 0.403. The molecule has 11 nitrogen and oxygen atoms in total. The van der Waals surface area contributed by atoms with E-state index in [9.17, 15) is 14.4 Å². The fraction of sp³-hybridized carbons (Fsp3) is 0.682. The van der Waals surface area contributed by atoms with Gasteiger partial charge >= 0.3 is 12.1 Å². The third-order valence-corrected chi connectivity index (χ3v) is 5.94. The maximum absolute atomic E-state index is 13.1. The molecule has 0 spiro atoms. The van der Waals surface area contributed by atoms with E-state index in [1.807, 2.05) is 24.5 Å². The van der Waals surface area contributed by atoms with Crippen molar-refractivity contribution in [2.24, 2.45) is 11.8 Å². The first-order chi connectivity index (χ1) is 15.8. The van der Waals surface area contributed by atoms with Gasteiger partial charge in [-0.1, -0.05) is 19.9 Å². The summed E-state index contributed by atoms with van der Waals surface area (Å²) in [7, 11) is 0. The molecule has 3 rings (SSSR count). The number of piperidine rings is 1. The van der Waals surface area contributed by atoms with Crippen LogP contribution in [0.5, 0.6) is 0 Å². The Balaban J connectivity index is 1.61. The molecule has 11 heteroatoms. The minimum absolute atomic E-state index is 0.0493. The number of carboxylic acids is 1. The Morgan fingerprint density at radius 1 is 1.24 bits per heavy atom. The van der Waals surface area contributed by atoms with Crippen LogP contribution in [0.25, 0.3) is 6.08 Å². The number of amides is 2. The minimum atomic E-state index is -1.02. The van der Waals surface area contributed by atoms with Gasteiger partial charge in [0.15, 0.2) is 12.1 Å². The van der Waals surface area contributed by atoms with E-state index in [0.29, 0.717) is 18.2 Å². The van der Waals surface area contributed by atoms with Crippen LogP contribution in [-0.4, -0.2) is 63.7 Å². The maximum atomic E-state index is 13.1. The number of hydrogen-bond donors (Lipinski definition) is 4. The number of allylic oxidation sites excluding steroid dienone is 1. The van der Waals surface area contributed by atoms with Crippen molar-refractivity contribution in [1.29, 1.82) is 0 Å². The van der Waals surface area contributed by atoms with Crippen molar-refractivity contribution in [3.8, 4) is 0 Å². The predicted octanol–water partition coefficient (Wildman–Crippen LogP) is 1.47. The van der Waals surface area contributed by atoms with Gasteiger partial charge in [0.1, 0.15) is 5.82 Å². The standard InChI is InChI=1S/C22H34N6O5/c1-14(2)21(33-22(32)24-12-9-18(29)30)25-20(31)16-4-3-13-28-17(26-27-19(16)28)6-5-15-7-10-23-11-8-15/h5-6,14-16,21,23H,3-4,7-13H2,1-2H3,(H,24,32)(H,25,31)(H,29,30)/b6-5+. The highest BCUT2D eigenvalue weighted by atomic mass is 16.6. The second-order valence-electron chi connectivity index (χ2n) is 8.86. The van der Waals surface area contributed by atoms with Crippen molar-refractivity contribution in [1.82, 2.24) is 30.7 Å². The Morgan fingerprint density at radius 2 is 2.00 bits per heavy atom. The summed E-state index contributed by atoms with van der Waals surface area (Å²) in [6.07, 6.45) is 6.03. The van der Waals surface area contributed by atoms with Crippen LogP contribution in [0.3, 0.4) is 0 Å². The zero-order chi connectivity index (χ0) is 23.8. The number of ether oxygens (including phenoxy) is 1. The van der Waals surface area contributed by atoms with Crippen LogP contribution in [0.1, 0.15) is 63.5 Å². The predicted molar refractivity (Wildman–Crippen MR) is 120 cm³/mol. The Hall–Kier alpha value is -2.95. The van der Waals surface area contributed by atoms with Gasteiger partial charge in [0.2, 0.25) is 5.91 Å². The van der Waals surface area contributed by atoms with Crippen molar-refractivity contribution in [3.05, 3.63) is 17.7 Å². The monoisotopic (exact) mass is 462 g/mol. The second-order valence-corrected chi connectivity index (χ2v) is 8.86. The van der Waals surface area contributed by atoms with Gasteiger partial charge in [-0.25, -0.2) is 4.79 Å². The van der Waals surface area contributed by atoms with Gasteiger partial charge in [-0.2, -0.15) is 0 Å². The molecule has 2 aliphatic rings. The lowest BCUT2D eigenvalue weighted by Gasteiger charge is -2.27. The summed E-state index contributed by atoms with van der Waals surface area (Å²) in [5, 5.41) is 25.8. The van der Waals surface area contributed by atoms with Crippen LogP contribution < -0.4 is 16.0 Å². The zero-order valence-corrected chi connectivity index (χ0v) is 19.2. The van der Waals surface area contributed by atoms with Crippen molar-refractivity contribution in [2.45, 2.75) is 64.6 Å². The highest BCUT2D eigenvalue weighted by Crippen LogP contribution is 2.28. The largest absolute Gasteiger partial charge is 0.481 e. The number of alkyl carbamates (subject to hydrolysis) is 1. The number of carboxylic acid groups (broad SMARTS) is 1. The van der Waals surface area contributed by atoms with E-state index >= 15 is 0 Å². The molecule has 0 radical (unpaired) electrons. The van der Waals surface area contributed by atoms with Crippen LogP contribution in [0.15, 0.2) is 6.08 Å². The molecule has 2 unspecified atom stereocenters. The summed E-state index contributed by atoms with van der Waals surface area (Å²) >= 11 is 0. The van der Waals surface area contributed by atoms with Crippen LogP contribution in [0.2, 0.25) is 0 Å². The average Bonchev–Trinajstić information content (AvgIpc) is 3.20. The van der Waals surface area contributed by atoms with E-state index in [0.717, 1.165) is 44.7 Å². The molecule has 0 aromatic carbocycles. The number of fused-ring (bicyclic) bond motifs is 1. The summed E-state index contributed by atoms with van der Waals surface area (Å²) < 4.78 is 7.32. The second kappa shape index (κ2) is 11.8. The molecule has 1 fully saturated rings. The Labute approximate surface area is 193 Å². The molecule has 0 saturated carbocycles. The first-order valence-corrected chi connectivity index (χ1v) is 11.6. The number of aromatic nitrogens is 3. The highest BCUT2D eigenvalue weighted by molar-refractivity contribution is 5.83. The average molecular weight is 463 g/mol. The van der Waals surface area contributed by atoms with Crippen LogP contribution in [0, 0.1) is 11.8 Å². The van der Waals surface area contributed by atoms with E-state index in [-0.39, 0.29) is 24.8 Å².